The monoisotopic (exact) mass is 463 g/mol. The number of nitrogens with one attached hydrogen (secondary N) is 1. The van der Waals surface area contributed by atoms with Crippen molar-refractivity contribution < 1.29 is 18.3 Å². The summed E-state index contributed by atoms with van der Waals surface area (Å²) in [6, 6.07) is 8.68. The highest BCUT2D eigenvalue weighted by atomic mass is 127. The van der Waals surface area contributed by atoms with Gasteiger partial charge in [0.2, 0.25) is 0 Å². The average Bonchev–Trinajstić information content (AvgIpc) is 2.56. The first-order valence-electron chi connectivity index (χ1n) is 7.26. The molecule has 0 saturated carbocycles. The molecule has 0 fully saturated rings. The Morgan fingerprint density at radius 2 is 1.88 bits per heavy atom. The van der Waals surface area contributed by atoms with Crippen LogP contribution in [0.25, 0.3) is 0 Å². The zero-order valence-corrected chi connectivity index (χ0v) is 16.2. The zero-order chi connectivity index (χ0) is 17.5. The van der Waals surface area contributed by atoms with Gasteiger partial charge in [-0.3, -0.25) is 4.99 Å². The maximum Gasteiger partial charge on any atom is 0.193 e. The molecule has 0 atom stereocenters. The highest BCUT2D eigenvalue weighted by Crippen LogP contribution is 2.28. The third-order valence-corrected chi connectivity index (χ3v) is 3.35. The lowest BCUT2D eigenvalue weighted by atomic mass is 10.1. The summed E-state index contributed by atoms with van der Waals surface area (Å²) in [5.41, 5.74) is 6.82. The normalized spacial score (nSPS) is 10.8. The fraction of sp³-hybridized carbons (Fsp3) is 0.235. The number of anilines is 1. The van der Waals surface area contributed by atoms with Crippen molar-refractivity contribution in [2.45, 2.75) is 6.42 Å². The van der Waals surface area contributed by atoms with Crippen molar-refractivity contribution in [1.82, 2.24) is 0 Å². The molecule has 3 N–H and O–H groups in total. The molecule has 0 bridgehead atoms. The first-order chi connectivity index (χ1) is 11.5. The molecule has 2 rings (SSSR count). The van der Waals surface area contributed by atoms with Gasteiger partial charge in [-0.25, -0.2) is 8.78 Å². The second-order valence-corrected chi connectivity index (χ2v) is 4.94. The van der Waals surface area contributed by atoms with Crippen LogP contribution in [0.1, 0.15) is 5.56 Å². The molecule has 0 aliphatic heterocycles. The minimum atomic E-state index is -0.606. The summed E-state index contributed by atoms with van der Waals surface area (Å²) < 4.78 is 36.8. The third-order valence-electron chi connectivity index (χ3n) is 3.35. The second kappa shape index (κ2) is 10.0. The summed E-state index contributed by atoms with van der Waals surface area (Å²) in [7, 11) is 3.10. The van der Waals surface area contributed by atoms with Crippen LogP contribution in [0.5, 0.6) is 11.5 Å². The summed E-state index contributed by atoms with van der Waals surface area (Å²) in [6.45, 7) is 0.258. The molecule has 0 aromatic heterocycles. The molecule has 0 aliphatic carbocycles. The number of rotatable bonds is 6. The van der Waals surface area contributed by atoms with Gasteiger partial charge in [-0.2, -0.15) is 0 Å². The van der Waals surface area contributed by atoms with Crippen molar-refractivity contribution in [3.8, 4) is 11.5 Å². The highest BCUT2D eigenvalue weighted by Gasteiger charge is 2.07. The van der Waals surface area contributed by atoms with Crippen molar-refractivity contribution in [3.63, 3.8) is 0 Å². The Balaban J connectivity index is 0.00000312. The first kappa shape index (κ1) is 20.9. The lowest BCUT2D eigenvalue weighted by molar-refractivity contribution is 0.405. The van der Waals surface area contributed by atoms with Gasteiger partial charge >= 0.3 is 0 Å². The fourth-order valence-electron chi connectivity index (χ4n) is 2.11. The number of halogens is 3. The van der Waals surface area contributed by atoms with Crippen LogP contribution in [0.15, 0.2) is 41.4 Å². The highest BCUT2D eigenvalue weighted by molar-refractivity contribution is 14.0. The van der Waals surface area contributed by atoms with Gasteiger partial charge in [0.25, 0.3) is 0 Å². The molecule has 25 heavy (non-hydrogen) atoms. The lowest BCUT2D eigenvalue weighted by Gasteiger charge is -2.12. The minimum Gasteiger partial charge on any atom is -0.497 e. The number of hydrogen-bond acceptors (Lipinski definition) is 3. The summed E-state index contributed by atoms with van der Waals surface area (Å²) in [5.74, 6) is 0.180. The van der Waals surface area contributed by atoms with Crippen molar-refractivity contribution in [2.75, 3.05) is 26.1 Å². The van der Waals surface area contributed by atoms with Gasteiger partial charge < -0.3 is 20.5 Å². The molecule has 0 amide bonds. The van der Waals surface area contributed by atoms with Gasteiger partial charge in [0.1, 0.15) is 23.1 Å². The molecule has 0 saturated heterocycles. The quantitative estimate of drug-likeness (QED) is 0.391. The molecule has 136 valence electrons. The van der Waals surface area contributed by atoms with Crippen LogP contribution in [0.2, 0.25) is 0 Å². The number of hydrogen-bond donors (Lipinski definition) is 2. The predicted octanol–water partition coefficient (Wildman–Crippen LogP) is 3.57. The molecular weight excluding hydrogens is 443 g/mol. The van der Waals surface area contributed by atoms with Crippen molar-refractivity contribution in [2.24, 2.45) is 10.7 Å². The molecule has 0 unspecified atom stereocenters. The molecule has 0 heterocycles. The SMILES string of the molecule is COc1ccc(OC)c(NC(N)=NCCc2ccc(F)cc2F)c1.I. The predicted molar refractivity (Wildman–Crippen MR) is 105 cm³/mol. The second-order valence-electron chi connectivity index (χ2n) is 4.94. The summed E-state index contributed by atoms with van der Waals surface area (Å²) in [5, 5.41) is 2.92. The van der Waals surface area contributed by atoms with E-state index >= 15 is 0 Å². The Hall–Kier alpha value is -2.10. The van der Waals surface area contributed by atoms with E-state index in [0.29, 0.717) is 29.2 Å². The molecule has 0 spiro atoms. The van der Waals surface area contributed by atoms with Gasteiger partial charge in [0.05, 0.1) is 19.9 Å². The van der Waals surface area contributed by atoms with E-state index in [0.717, 1.165) is 6.07 Å². The van der Waals surface area contributed by atoms with Gasteiger partial charge in [0, 0.05) is 18.7 Å². The number of guanidine groups is 1. The van der Waals surface area contributed by atoms with Crippen LogP contribution in [0.4, 0.5) is 14.5 Å². The fourth-order valence-corrected chi connectivity index (χ4v) is 2.11. The number of aliphatic imine (C=N–C) groups is 1. The zero-order valence-electron chi connectivity index (χ0n) is 13.9. The van der Waals surface area contributed by atoms with Gasteiger partial charge in [-0.1, -0.05) is 6.07 Å². The van der Waals surface area contributed by atoms with Crippen LogP contribution in [-0.4, -0.2) is 26.7 Å². The van der Waals surface area contributed by atoms with Gasteiger partial charge in [-0.05, 0) is 30.2 Å². The average molecular weight is 463 g/mol. The van der Waals surface area contributed by atoms with Gasteiger partial charge in [0.15, 0.2) is 5.96 Å². The number of methoxy groups -OCH3 is 2. The smallest absolute Gasteiger partial charge is 0.193 e. The van der Waals surface area contributed by atoms with E-state index in [1.165, 1.54) is 19.2 Å². The van der Waals surface area contributed by atoms with E-state index in [1.54, 1.807) is 25.3 Å². The maximum absolute atomic E-state index is 13.5. The first-order valence-corrected chi connectivity index (χ1v) is 7.26. The number of benzene rings is 2. The maximum atomic E-state index is 13.5. The van der Waals surface area contributed by atoms with E-state index < -0.39 is 11.6 Å². The standard InChI is InChI=1S/C17H19F2N3O2.HI/c1-23-13-5-6-16(24-2)15(10-13)22-17(20)21-8-7-11-3-4-12(18)9-14(11)19;/h3-6,9-10H,7-8H2,1-2H3,(H3,20,21,22);1H. The molecule has 2 aromatic carbocycles. The Bertz CT molecular complexity index is 742. The largest absolute Gasteiger partial charge is 0.497 e. The molecule has 2 aromatic rings. The minimum absolute atomic E-state index is 0. The summed E-state index contributed by atoms with van der Waals surface area (Å²) in [6.07, 6.45) is 0.309. The van der Waals surface area contributed by atoms with Crippen LogP contribution in [0, 0.1) is 11.6 Å². The van der Waals surface area contributed by atoms with Crippen LogP contribution < -0.4 is 20.5 Å². The molecule has 0 aliphatic rings. The molecule has 0 radical (unpaired) electrons. The number of nitrogens with two attached hydrogens (primary N) is 1. The Kier molecular flexibility index (Phi) is 8.39. The topological polar surface area (TPSA) is 68.9 Å². The Labute approximate surface area is 162 Å². The van der Waals surface area contributed by atoms with Crippen molar-refractivity contribution in [3.05, 3.63) is 53.6 Å². The van der Waals surface area contributed by atoms with Crippen molar-refractivity contribution in [1.29, 1.82) is 0 Å². The van der Waals surface area contributed by atoms with E-state index in [1.807, 2.05) is 0 Å². The number of nitrogens with zero attached hydrogens (tertiary/aromatic N) is 1. The van der Waals surface area contributed by atoms with E-state index in [2.05, 4.69) is 10.3 Å². The van der Waals surface area contributed by atoms with E-state index in [4.69, 9.17) is 15.2 Å². The van der Waals surface area contributed by atoms with E-state index in [9.17, 15) is 8.78 Å². The number of ether oxygens (including phenoxy) is 2. The molecular formula is C17H20F2IN3O2. The molecule has 8 heteroatoms. The Morgan fingerprint density at radius 1 is 1.12 bits per heavy atom. The summed E-state index contributed by atoms with van der Waals surface area (Å²) in [4.78, 5) is 4.14. The van der Waals surface area contributed by atoms with Crippen LogP contribution >= 0.6 is 24.0 Å². The summed E-state index contributed by atoms with van der Waals surface area (Å²) >= 11 is 0. The van der Waals surface area contributed by atoms with Crippen LogP contribution in [-0.2, 0) is 6.42 Å². The Morgan fingerprint density at radius 3 is 2.52 bits per heavy atom. The van der Waals surface area contributed by atoms with E-state index in [-0.39, 0.29) is 36.5 Å². The van der Waals surface area contributed by atoms with Crippen LogP contribution in [0.3, 0.4) is 0 Å². The lowest BCUT2D eigenvalue weighted by Crippen LogP contribution is -2.23. The molecule has 5 nitrogen and oxygen atoms in total. The van der Waals surface area contributed by atoms with Crippen molar-refractivity contribution >= 4 is 35.6 Å². The third kappa shape index (κ3) is 6.04. The van der Waals surface area contributed by atoms with Gasteiger partial charge in [-0.15, -0.1) is 24.0 Å².